The van der Waals surface area contributed by atoms with Gasteiger partial charge >= 0.3 is 17.9 Å². The predicted molar refractivity (Wildman–Crippen MR) is 76.1 cm³/mol. The van der Waals surface area contributed by atoms with Gasteiger partial charge in [0.05, 0.1) is 16.7 Å². The summed E-state index contributed by atoms with van der Waals surface area (Å²) in [5.74, 6) is -7.28. The van der Waals surface area contributed by atoms with Crippen LogP contribution in [0.5, 0.6) is 0 Å². The molecule has 2 fully saturated rings. The Morgan fingerprint density at radius 2 is 1.74 bits per heavy atom. The van der Waals surface area contributed by atoms with Crippen LogP contribution in [0.15, 0.2) is 0 Å². The summed E-state index contributed by atoms with van der Waals surface area (Å²) in [4.78, 5) is 22.9. The molecule has 0 aliphatic heterocycles. The van der Waals surface area contributed by atoms with E-state index in [-0.39, 0.29) is 10.7 Å². The maximum absolute atomic E-state index is 14.4. The Labute approximate surface area is 133 Å². The Bertz CT molecular complexity index is 625. The Morgan fingerprint density at radius 3 is 2.13 bits per heavy atom. The highest BCUT2D eigenvalue weighted by molar-refractivity contribution is 7.90. The molecular formula is C13H20F2N2O5S. The fourth-order valence-electron chi connectivity index (χ4n) is 2.44. The first-order chi connectivity index (χ1) is 10.3. The van der Waals surface area contributed by atoms with E-state index in [2.05, 4.69) is 4.74 Å². The second kappa shape index (κ2) is 5.29. The van der Waals surface area contributed by atoms with Gasteiger partial charge in [-0.15, -0.1) is 0 Å². The molecule has 2 N–H and O–H groups in total. The summed E-state index contributed by atoms with van der Waals surface area (Å²) in [6.07, 6.45) is -1.91. The average Bonchev–Trinajstić information content (AvgIpc) is 3.19. The lowest BCUT2D eigenvalue weighted by atomic mass is 10.1. The number of sulfonamides is 1. The van der Waals surface area contributed by atoms with Crippen LogP contribution in [-0.4, -0.2) is 47.5 Å². The summed E-state index contributed by atoms with van der Waals surface area (Å²) in [6, 6.07) is 0. The quantitative estimate of drug-likeness (QED) is 0.799. The molecule has 0 heterocycles. The summed E-state index contributed by atoms with van der Waals surface area (Å²) < 4.78 is 58.4. The molecule has 7 nitrogen and oxygen atoms in total. The Balaban J connectivity index is 2.26. The number of carbonyl (C=O) groups excluding carboxylic acids is 2. The lowest BCUT2D eigenvalue weighted by Gasteiger charge is -2.36. The summed E-state index contributed by atoms with van der Waals surface area (Å²) >= 11 is 0. The van der Waals surface area contributed by atoms with Crippen molar-refractivity contribution in [2.75, 3.05) is 0 Å². The summed E-state index contributed by atoms with van der Waals surface area (Å²) in [5, 5.41) is -0.793. The van der Waals surface area contributed by atoms with Gasteiger partial charge in [0.1, 0.15) is 6.10 Å². The van der Waals surface area contributed by atoms with Gasteiger partial charge in [0.2, 0.25) is 10.0 Å². The van der Waals surface area contributed by atoms with Crippen LogP contribution in [0.1, 0.15) is 40.0 Å². The second-order valence-corrected chi connectivity index (χ2v) is 8.99. The molecule has 2 atom stereocenters. The van der Waals surface area contributed by atoms with Crippen molar-refractivity contribution in [3.63, 3.8) is 0 Å². The number of ether oxygens (including phenoxy) is 1. The normalized spacial score (nSPS) is 24.9. The molecule has 2 amide bonds. The number of alkyl halides is 2. The number of carbonyl (C=O) groups is 2. The number of nitrogens with two attached hydrogens (primary N) is 1. The SMILES string of the molecule is CC(C)(C)N(C(=O)C(F)(F)C1CC1OC(N)=O)S(=O)(=O)C1CC1. The molecule has 23 heavy (non-hydrogen) atoms. The van der Waals surface area contributed by atoms with E-state index in [1.807, 2.05) is 0 Å². The number of halogens is 2. The van der Waals surface area contributed by atoms with Crippen molar-refractivity contribution in [2.24, 2.45) is 11.7 Å². The van der Waals surface area contributed by atoms with Crippen LogP contribution < -0.4 is 5.73 Å². The van der Waals surface area contributed by atoms with Gasteiger partial charge in [-0.05, 0) is 40.0 Å². The second-order valence-electron chi connectivity index (χ2n) is 6.93. The molecule has 0 spiro atoms. The average molecular weight is 354 g/mol. The Kier molecular flexibility index (Phi) is 4.11. The monoisotopic (exact) mass is 354 g/mol. The molecule has 132 valence electrons. The minimum atomic E-state index is -4.14. The van der Waals surface area contributed by atoms with Gasteiger partial charge in [0, 0.05) is 0 Å². The van der Waals surface area contributed by atoms with E-state index >= 15 is 0 Å². The standard InChI is InChI=1S/C13H20F2N2O5S/c1-12(2,3)17(23(20,21)7-4-5-7)10(18)13(14,15)8-6-9(8)22-11(16)19/h7-9H,4-6H2,1-3H3,(H2,16,19). The maximum atomic E-state index is 14.4. The van der Waals surface area contributed by atoms with Gasteiger partial charge in [0.25, 0.3) is 0 Å². The van der Waals surface area contributed by atoms with Crippen molar-refractivity contribution >= 4 is 22.0 Å². The molecule has 2 rings (SSSR count). The summed E-state index contributed by atoms with van der Waals surface area (Å²) in [6.45, 7) is 4.14. The van der Waals surface area contributed by atoms with Crippen LogP contribution in [0.3, 0.4) is 0 Å². The molecule has 0 aromatic rings. The molecular weight excluding hydrogens is 334 g/mol. The van der Waals surface area contributed by atoms with Crippen molar-refractivity contribution in [3.8, 4) is 0 Å². The molecule has 2 saturated carbocycles. The number of rotatable bonds is 5. The number of amides is 2. The fraction of sp³-hybridized carbons (Fsp3) is 0.846. The highest BCUT2D eigenvalue weighted by atomic mass is 32.2. The van der Waals surface area contributed by atoms with Crippen molar-refractivity contribution in [1.82, 2.24) is 4.31 Å². The fourth-order valence-corrected chi connectivity index (χ4v) is 4.59. The number of primary amides is 1. The minimum absolute atomic E-state index is 0.233. The van der Waals surface area contributed by atoms with E-state index in [4.69, 9.17) is 5.73 Å². The first-order valence-corrected chi connectivity index (χ1v) is 8.72. The summed E-state index contributed by atoms with van der Waals surface area (Å²) in [5.41, 5.74) is 3.44. The van der Waals surface area contributed by atoms with Crippen LogP contribution in [0.4, 0.5) is 13.6 Å². The van der Waals surface area contributed by atoms with Gasteiger partial charge in [-0.1, -0.05) is 0 Å². The summed E-state index contributed by atoms with van der Waals surface area (Å²) in [7, 11) is -4.14. The maximum Gasteiger partial charge on any atom is 0.404 e. The van der Waals surface area contributed by atoms with Crippen molar-refractivity contribution in [1.29, 1.82) is 0 Å². The number of hydrogen-bond acceptors (Lipinski definition) is 5. The van der Waals surface area contributed by atoms with Crippen molar-refractivity contribution in [3.05, 3.63) is 0 Å². The van der Waals surface area contributed by atoms with E-state index in [0.29, 0.717) is 12.8 Å². The molecule has 0 saturated heterocycles. The topological polar surface area (TPSA) is 107 Å². The van der Waals surface area contributed by atoms with Gasteiger partial charge in [0.15, 0.2) is 0 Å². The molecule has 2 aliphatic rings. The van der Waals surface area contributed by atoms with Crippen molar-refractivity contribution < 1.29 is 31.5 Å². The van der Waals surface area contributed by atoms with E-state index in [9.17, 15) is 26.8 Å². The van der Waals surface area contributed by atoms with Crippen LogP contribution in [0.2, 0.25) is 0 Å². The first-order valence-electron chi connectivity index (χ1n) is 7.22. The minimum Gasteiger partial charge on any atom is -0.446 e. The van der Waals surface area contributed by atoms with Gasteiger partial charge in [-0.25, -0.2) is 17.5 Å². The van der Waals surface area contributed by atoms with Gasteiger partial charge in [-0.2, -0.15) is 8.78 Å². The molecule has 0 radical (unpaired) electrons. The van der Waals surface area contributed by atoms with E-state index in [1.165, 1.54) is 20.8 Å². The largest absolute Gasteiger partial charge is 0.446 e. The van der Waals surface area contributed by atoms with Crippen molar-refractivity contribution in [2.45, 2.75) is 62.8 Å². The highest BCUT2D eigenvalue weighted by Gasteiger charge is 2.65. The van der Waals surface area contributed by atoms with E-state index < -0.39 is 50.8 Å². The Hall–Kier alpha value is -1.45. The third-order valence-electron chi connectivity index (χ3n) is 3.74. The zero-order chi connectivity index (χ0) is 17.8. The smallest absolute Gasteiger partial charge is 0.404 e. The van der Waals surface area contributed by atoms with Gasteiger partial charge < -0.3 is 10.5 Å². The van der Waals surface area contributed by atoms with E-state index in [1.54, 1.807) is 0 Å². The predicted octanol–water partition coefficient (Wildman–Crippen LogP) is 1.22. The van der Waals surface area contributed by atoms with Crippen LogP contribution >= 0.6 is 0 Å². The molecule has 10 heteroatoms. The number of nitrogens with zero attached hydrogens (tertiary/aromatic N) is 1. The lowest BCUT2D eigenvalue weighted by molar-refractivity contribution is -0.160. The van der Waals surface area contributed by atoms with Gasteiger partial charge in [-0.3, -0.25) is 4.79 Å². The molecule has 0 aromatic heterocycles. The van der Waals surface area contributed by atoms with Crippen LogP contribution in [0.25, 0.3) is 0 Å². The zero-order valence-corrected chi connectivity index (χ0v) is 13.9. The molecule has 0 aromatic carbocycles. The Morgan fingerprint density at radius 1 is 1.22 bits per heavy atom. The highest BCUT2D eigenvalue weighted by Crippen LogP contribution is 2.48. The zero-order valence-electron chi connectivity index (χ0n) is 13.1. The lowest BCUT2D eigenvalue weighted by Crippen LogP contribution is -2.57. The van der Waals surface area contributed by atoms with Crippen LogP contribution in [0, 0.1) is 5.92 Å². The van der Waals surface area contributed by atoms with Crippen LogP contribution in [-0.2, 0) is 19.6 Å². The molecule has 2 unspecified atom stereocenters. The number of hydrogen-bond donors (Lipinski definition) is 1. The first kappa shape index (κ1) is 17.9. The molecule has 2 aliphatic carbocycles. The third kappa shape index (κ3) is 3.41. The molecule has 0 bridgehead atoms. The third-order valence-corrected chi connectivity index (χ3v) is 6.28. The van der Waals surface area contributed by atoms with E-state index in [0.717, 1.165) is 0 Å².